The van der Waals surface area contributed by atoms with E-state index in [2.05, 4.69) is 5.10 Å². The lowest BCUT2D eigenvalue weighted by Gasteiger charge is -2.06. The molecule has 1 aromatic heterocycles. The molecule has 0 radical (unpaired) electrons. The van der Waals surface area contributed by atoms with Gasteiger partial charge >= 0.3 is 6.18 Å². The zero-order chi connectivity index (χ0) is 16.4. The van der Waals surface area contributed by atoms with Crippen LogP contribution in [-0.2, 0) is 6.18 Å². The van der Waals surface area contributed by atoms with Crippen LogP contribution in [0.4, 0.5) is 13.2 Å². The Balaban J connectivity index is 2.12. The molecule has 0 unspecified atom stereocenters. The highest BCUT2D eigenvalue weighted by Gasteiger charge is 2.36. The third-order valence-corrected chi connectivity index (χ3v) is 4.15. The van der Waals surface area contributed by atoms with Gasteiger partial charge in [-0.1, -0.05) is 30.3 Å². The minimum atomic E-state index is -4.46. The number of hydrogen-bond donors (Lipinski definition) is 0. The molecule has 2 aromatic carbocycles. The largest absolute Gasteiger partial charge is 0.420 e. The summed E-state index contributed by atoms with van der Waals surface area (Å²) in [7, 11) is 0. The van der Waals surface area contributed by atoms with Crippen molar-refractivity contribution < 1.29 is 13.2 Å². The van der Waals surface area contributed by atoms with Crippen molar-refractivity contribution in [2.75, 3.05) is 6.26 Å². The predicted molar refractivity (Wildman–Crippen MR) is 85.8 cm³/mol. The number of aromatic nitrogens is 2. The molecule has 6 heteroatoms. The lowest BCUT2D eigenvalue weighted by atomic mass is 10.1. The lowest BCUT2D eigenvalue weighted by molar-refractivity contribution is -0.137. The maximum atomic E-state index is 13.4. The number of alkyl halides is 3. The van der Waals surface area contributed by atoms with Gasteiger partial charge in [-0.2, -0.15) is 18.3 Å². The average molecular weight is 334 g/mol. The third kappa shape index (κ3) is 3.27. The van der Waals surface area contributed by atoms with Crippen LogP contribution >= 0.6 is 11.8 Å². The van der Waals surface area contributed by atoms with Crippen molar-refractivity contribution in [2.45, 2.75) is 11.1 Å². The standard InChI is InChI=1S/C17H13F3N2S/c1-23-14-9-7-12(8-10-14)16-15(17(18,19)20)11-22(21-16)13-5-3-2-4-6-13/h2-11H,1H3. The first-order valence-electron chi connectivity index (χ1n) is 6.86. The molecular weight excluding hydrogens is 321 g/mol. The Morgan fingerprint density at radius 3 is 2.17 bits per heavy atom. The number of para-hydroxylation sites is 1. The summed E-state index contributed by atoms with van der Waals surface area (Å²) in [6.07, 6.45) is -1.51. The van der Waals surface area contributed by atoms with Crippen molar-refractivity contribution in [2.24, 2.45) is 0 Å². The Morgan fingerprint density at radius 1 is 0.957 bits per heavy atom. The van der Waals surface area contributed by atoms with Gasteiger partial charge in [0.05, 0.1) is 5.69 Å². The van der Waals surface area contributed by atoms with Crippen molar-refractivity contribution in [3.8, 4) is 16.9 Å². The van der Waals surface area contributed by atoms with Crippen LogP contribution in [0.2, 0.25) is 0 Å². The van der Waals surface area contributed by atoms with Gasteiger partial charge in [-0.05, 0) is 30.5 Å². The van der Waals surface area contributed by atoms with Crippen LogP contribution < -0.4 is 0 Å². The maximum absolute atomic E-state index is 13.4. The number of thioether (sulfide) groups is 1. The summed E-state index contributed by atoms with van der Waals surface area (Å²) < 4.78 is 41.3. The fourth-order valence-corrected chi connectivity index (χ4v) is 2.66. The first-order chi connectivity index (χ1) is 11.0. The van der Waals surface area contributed by atoms with Crippen LogP contribution in [0.15, 0.2) is 65.7 Å². The maximum Gasteiger partial charge on any atom is 0.420 e. The fourth-order valence-electron chi connectivity index (χ4n) is 2.26. The molecule has 0 bridgehead atoms. The van der Waals surface area contributed by atoms with E-state index in [1.807, 2.05) is 6.26 Å². The van der Waals surface area contributed by atoms with Gasteiger partial charge in [0.1, 0.15) is 11.3 Å². The summed E-state index contributed by atoms with van der Waals surface area (Å²) in [5, 5.41) is 4.16. The smallest absolute Gasteiger partial charge is 0.240 e. The SMILES string of the molecule is CSc1ccc(-c2nn(-c3ccccc3)cc2C(F)(F)F)cc1. The molecule has 2 nitrogen and oxygen atoms in total. The predicted octanol–water partition coefficient (Wildman–Crippen LogP) is 5.28. The van der Waals surface area contributed by atoms with Crippen LogP contribution in [0.3, 0.4) is 0 Å². The molecule has 0 spiro atoms. The van der Waals surface area contributed by atoms with Gasteiger partial charge < -0.3 is 0 Å². The molecule has 3 rings (SSSR count). The molecule has 0 aliphatic rings. The molecule has 0 amide bonds. The summed E-state index contributed by atoms with van der Waals surface area (Å²) in [4.78, 5) is 0.991. The van der Waals surface area contributed by atoms with Gasteiger partial charge in [-0.25, -0.2) is 4.68 Å². The van der Waals surface area contributed by atoms with Crippen molar-refractivity contribution >= 4 is 11.8 Å². The van der Waals surface area contributed by atoms with Gasteiger partial charge in [0.15, 0.2) is 0 Å². The first-order valence-corrected chi connectivity index (χ1v) is 8.08. The molecule has 1 heterocycles. The molecule has 0 saturated carbocycles. The van der Waals surface area contributed by atoms with E-state index in [9.17, 15) is 13.2 Å². The Bertz CT molecular complexity index is 793. The van der Waals surface area contributed by atoms with Crippen LogP contribution in [0.1, 0.15) is 5.56 Å². The Hall–Kier alpha value is -2.21. The third-order valence-electron chi connectivity index (χ3n) is 3.40. The van der Waals surface area contributed by atoms with E-state index in [-0.39, 0.29) is 5.69 Å². The summed E-state index contributed by atoms with van der Waals surface area (Å²) >= 11 is 1.54. The molecule has 0 fully saturated rings. The average Bonchev–Trinajstić information content (AvgIpc) is 3.01. The van der Waals surface area contributed by atoms with Crippen molar-refractivity contribution in [3.05, 3.63) is 66.4 Å². The van der Waals surface area contributed by atoms with Gasteiger partial charge in [-0.3, -0.25) is 0 Å². The van der Waals surface area contributed by atoms with Crippen LogP contribution in [0.5, 0.6) is 0 Å². The lowest BCUT2D eigenvalue weighted by Crippen LogP contribution is -2.05. The quantitative estimate of drug-likeness (QED) is 0.607. The van der Waals surface area contributed by atoms with Gasteiger partial charge in [-0.15, -0.1) is 11.8 Å². The van der Waals surface area contributed by atoms with Crippen LogP contribution in [0, 0.1) is 0 Å². The minimum absolute atomic E-state index is 0.0611. The molecule has 0 N–H and O–H groups in total. The number of rotatable bonds is 3. The minimum Gasteiger partial charge on any atom is -0.240 e. The number of hydrogen-bond acceptors (Lipinski definition) is 2. The van der Waals surface area contributed by atoms with Crippen molar-refractivity contribution in [1.29, 1.82) is 0 Å². The molecule has 0 aliphatic heterocycles. The van der Waals surface area contributed by atoms with Crippen molar-refractivity contribution in [3.63, 3.8) is 0 Å². The Kier molecular flexibility index (Phi) is 4.17. The van der Waals surface area contributed by atoms with E-state index in [0.717, 1.165) is 11.1 Å². The molecule has 0 atom stereocenters. The normalized spacial score (nSPS) is 11.7. The van der Waals surface area contributed by atoms with Crippen LogP contribution in [0.25, 0.3) is 16.9 Å². The second-order valence-corrected chi connectivity index (χ2v) is 5.78. The Morgan fingerprint density at radius 2 is 1.61 bits per heavy atom. The topological polar surface area (TPSA) is 17.8 Å². The highest BCUT2D eigenvalue weighted by Crippen LogP contribution is 2.37. The number of halogens is 3. The van der Waals surface area contributed by atoms with Gasteiger partial charge in [0.25, 0.3) is 0 Å². The summed E-state index contributed by atoms with van der Waals surface area (Å²) in [5.74, 6) is 0. The van der Waals surface area contributed by atoms with E-state index in [0.29, 0.717) is 11.3 Å². The van der Waals surface area contributed by atoms with Gasteiger partial charge in [0.2, 0.25) is 0 Å². The molecular formula is C17H13F3N2S. The molecule has 0 saturated heterocycles. The fraction of sp³-hybridized carbons (Fsp3) is 0.118. The summed E-state index contributed by atoms with van der Waals surface area (Å²) in [6.45, 7) is 0. The van der Waals surface area contributed by atoms with Crippen molar-refractivity contribution in [1.82, 2.24) is 9.78 Å². The van der Waals surface area contributed by atoms with E-state index in [4.69, 9.17) is 0 Å². The highest BCUT2D eigenvalue weighted by molar-refractivity contribution is 7.98. The number of benzene rings is 2. The van der Waals surface area contributed by atoms with Crippen LogP contribution in [-0.4, -0.2) is 16.0 Å². The Labute approximate surface area is 136 Å². The zero-order valence-electron chi connectivity index (χ0n) is 12.2. The van der Waals surface area contributed by atoms with E-state index in [1.54, 1.807) is 54.6 Å². The number of nitrogens with zero attached hydrogens (tertiary/aromatic N) is 2. The van der Waals surface area contributed by atoms with E-state index in [1.165, 1.54) is 16.4 Å². The molecule has 0 aliphatic carbocycles. The molecule has 118 valence electrons. The summed E-state index contributed by atoms with van der Waals surface area (Å²) in [5.41, 5.74) is 0.238. The summed E-state index contributed by atoms with van der Waals surface area (Å²) in [6, 6.07) is 15.7. The monoisotopic (exact) mass is 334 g/mol. The van der Waals surface area contributed by atoms with E-state index >= 15 is 0 Å². The second kappa shape index (κ2) is 6.12. The zero-order valence-corrected chi connectivity index (χ0v) is 13.0. The van der Waals surface area contributed by atoms with Gasteiger partial charge in [0, 0.05) is 16.7 Å². The second-order valence-electron chi connectivity index (χ2n) is 4.90. The molecule has 3 aromatic rings. The van der Waals surface area contributed by atoms with E-state index < -0.39 is 11.7 Å². The highest BCUT2D eigenvalue weighted by atomic mass is 32.2. The molecule has 23 heavy (non-hydrogen) atoms. The first kappa shape index (κ1) is 15.7.